The summed E-state index contributed by atoms with van der Waals surface area (Å²) in [5.74, 6) is -0.942. The fourth-order valence-electron chi connectivity index (χ4n) is 3.57. The Kier molecular flexibility index (Phi) is 4.83. The minimum Gasteiger partial charge on any atom is -0.323 e. The Hall–Kier alpha value is -1.59. The van der Waals surface area contributed by atoms with E-state index in [0.717, 1.165) is 37.0 Å². The van der Waals surface area contributed by atoms with Gasteiger partial charge in [-0.15, -0.1) is 0 Å². The van der Waals surface area contributed by atoms with E-state index in [4.69, 9.17) is 23.2 Å². The van der Waals surface area contributed by atoms with E-state index in [-0.39, 0.29) is 24.8 Å². The summed E-state index contributed by atoms with van der Waals surface area (Å²) in [5.41, 5.74) is -0.218. The molecule has 1 heterocycles. The van der Waals surface area contributed by atoms with Crippen LogP contribution in [0, 0.1) is 5.41 Å². The highest BCUT2D eigenvalue weighted by molar-refractivity contribution is 6.35. The van der Waals surface area contributed by atoms with Crippen molar-refractivity contribution in [2.45, 2.75) is 38.5 Å². The zero-order valence-corrected chi connectivity index (χ0v) is 14.6. The molecular formula is C17H18Cl2N2O3. The number of benzene rings is 1. The minimum atomic E-state index is -0.580. The van der Waals surface area contributed by atoms with Crippen LogP contribution in [0.15, 0.2) is 18.2 Å². The third kappa shape index (κ3) is 3.28. The van der Waals surface area contributed by atoms with Gasteiger partial charge in [0, 0.05) is 11.4 Å². The summed E-state index contributed by atoms with van der Waals surface area (Å²) >= 11 is 11.9. The summed E-state index contributed by atoms with van der Waals surface area (Å²) < 4.78 is 0. The maximum absolute atomic E-state index is 12.7. The van der Waals surface area contributed by atoms with Crippen molar-refractivity contribution in [1.29, 1.82) is 0 Å². The largest absolute Gasteiger partial charge is 0.323 e. The van der Waals surface area contributed by atoms with E-state index < -0.39 is 11.3 Å². The number of carbonyl (C=O) groups excluding carboxylic acids is 3. The average molecular weight is 369 g/mol. The summed E-state index contributed by atoms with van der Waals surface area (Å²) in [6.45, 7) is -0.289. The van der Waals surface area contributed by atoms with Gasteiger partial charge >= 0.3 is 0 Å². The second-order valence-electron chi connectivity index (χ2n) is 6.48. The predicted molar refractivity (Wildman–Crippen MR) is 91.9 cm³/mol. The molecule has 1 aliphatic carbocycles. The van der Waals surface area contributed by atoms with Crippen LogP contribution in [0.25, 0.3) is 0 Å². The molecule has 0 aromatic heterocycles. The Morgan fingerprint density at radius 2 is 1.88 bits per heavy atom. The molecule has 1 aliphatic heterocycles. The monoisotopic (exact) mass is 368 g/mol. The molecule has 0 unspecified atom stereocenters. The molecular weight excluding hydrogens is 351 g/mol. The molecule has 3 amide bonds. The molecule has 128 valence electrons. The van der Waals surface area contributed by atoms with Crippen LogP contribution >= 0.6 is 23.2 Å². The average Bonchev–Trinajstić information content (AvgIpc) is 2.76. The lowest BCUT2D eigenvalue weighted by molar-refractivity contribution is -0.144. The number of carbonyl (C=O) groups is 3. The fraction of sp³-hybridized carbons (Fsp3) is 0.471. The zero-order valence-electron chi connectivity index (χ0n) is 13.1. The van der Waals surface area contributed by atoms with Gasteiger partial charge in [-0.25, -0.2) is 0 Å². The number of anilines is 1. The second kappa shape index (κ2) is 6.73. The van der Waals surface area contributed by atoms with E-state index in [1.165, 1.54) is 6.07 Å². The van der Waals surface area contributed by atoms with Crippen molar-refractivity contribution in [2.75, 3.05) is 11.9 Å². The van der Waals surface area contributed by atoms with Crippen molar-refractivity contribution in [3.63, 3.8) is 0 Å². The highest BCUT2D eigenvalue weighted by Gasteiger charge is 2.51. The third-order valence-electron chi connectivity index (χ3n) is 4.80. The first-order valence-electron chi connectivity index (χ1n) is 8.01. The third-order valence-corrected chi connectivity index (χ3v) is 5.37. The molecule has 1 aromatic carbocycles. The maximum Gasteiger partial charge on any atom is 0.244 e. The van der Waals surface area contributed by atoms with Gasteiger partial charge in [0.15, 0.2) is 0 Å². The number of hydrogen-bond donors (Lipinski definition) is 1. The number of nitrogens with one attached hydrogen (secondary N) is 1. The number of amides is 3. The van der Waals surface area contributed by atoms with Crippen molar-refractivity contribution >= 4 is 46.6 Å². The van der Waals surface area contributed by atoms with Crippen LogP contribution in [0.2, 0.25) is 10.0 Å². The van der Waals surface area contributed by atoms with Gasteiger partial charge in [-0.3, -0.25) is 19.3 Å². The van der Waals surface area contributed by atoms with E-state index >= 15 is 0 Å². The summed E-state index contributed by atoms with van der Waals surface area (Å²) in [4.78, 5) is 38.2. The summed E-state index contributed by atoms with van der Waals surface area (Å²) in [6, 6.07) is 4.71. The molecule has 1 saturated heterocycles. The lowest BCUT2D eigenvalue weighted by atomic mass is 9.73. The molecule has 0 atom stereocenters. The molecule has 1 aromatic rings. The quantitative estimate of drug-likeness (QED) is 0.828. The fourth-order valence-corrected chi connectivity index (χ4v) is 3.90. The van der Waals surface area contributed by atoms with Crippen LogP contribution in [0.3, 0.4) is 0 Å². The van der Waals surface area contributed by atoms with Gasteiger partial charge in [-0.2, -0.15) is 0 Å². The lowest BCUT2D eigenvalue weighted by Crippen LogP contribution is -2.41. The van der Waals surface area contributed by atoms with Crippen molar-refractivity contribution < 1.29 is 14.4 Å². The molecule has 1 spiro atoms. The van der Waals surface area contributed by atoms with Gasteiger partial charge in [-0.1, -0.05) is 42.5 Å². The maximum atomic E-state index is 12.7. The normalized spacial score (nSPS) is 19.8. The molecule has 24 heavy (non-hydrogen) atoms. The molecule has 0 radical (unpaired) electrons. The number of halogens is 2. The number of imide groups is 1. The topological polar surface area (TPSA) is 66.5 Å². The minimum absolute atomic E-state index is 0.209. The van der Waals surface area contributed by atoms with Crippen molar-refractivity contribution in [3.05, 3.63) is 28.2 Å². The van der Waals surface area contributed by atoms with Crippen LogP contribution in [-0.2, 0) is 14.4 Å². The summed E-state index contributed by atoms with van der Waals surface area (Å²) in [5, 5.41) is 3.39. The molecule has 1 N–H and O–H groups in total. The van der Waals surface area contributed by atoms with Crippen LogP contribution in [0.1, 0.15) is 38.5 Å². The first kappa shape index (κ1) is 17.2. The first-order valence-corrected chi connectivity index (χ1v) is 8.77. The lowest BCUT2D eigenvalue weighted by Gasteiger charge is -2.30. The number of likely N-dealkylation sites (tertiary alicyclic amines) is 1. The van der Waals surface area contributed by atoms with Crippen LogP contribution in [-0.4, -0.2) is 29.2 Å². The Morgan fingerprint density at radius 1 is 1.17 bits per heavy atom. The summed E-state index contributed by atoms with van der Waals surface area (Å²) in [6.07, 6.45) is 4.69. The molecule has 0 bridgehead atoms. The molecule has 2 aliphatic rings. The van der Waals surface area contributed by atoms with Gasteiger partial charge in [0.25, 0.3) is 0 Å². The standard InChI is InChI=1S/C17H18Cl2N2O3/c18-11-4-5-12(19)13(8-11)20-14(22)10-21-15(23)9-17(16(21)24)6-2-1-3-7-17/h4-5,8H,1-3,6-7,9-10H2,(H,20,22). The molecule has 5 nitrogen and oxygen atoms in total. The van der Waals surface area contributed by atoms with Crippen LogP contribution in [0.4, 0.5) is 5.69 Å². The predicted octanol–water partition coefficient (Wildman–Crippen LogP) is 3.64. The van der Waals surface area contributed by atoms with Gasteiger partial charge in [0.2, 0.25) is 17.7 Å². The van der Waals surface area contributed by atoms with Gasteiger partial charge < -0.3 is 5.32 Å². The van der Waals surface area contributed by atoms with Gasteiger partial charge in [0.1, 0.15) is 6.54 Å². The van der Waals surface area contributed by atoms with E-state index in [1.54, 1.807) is 12.1 Å². The van der Waals surface area contributed by atoms with E-state index in [2.05, 4.69) is 5.32 Å². The number of rotatable bonds is 3. The Bertz CT molecular complexity index is 699. The van der Waals surface area contributed by atoms with Crippen molar-refractivity contribution in [3.8, 4) is 0 Å². The number of hydrogen-bond acceptors (Lipinski definition) is 3. The smallest absolute Gasteiger partial charge is 0.244 e. The van der Waals surface area contributed by atoms with E-state index in [9.17, 15) is 14.4 Å². The van der Waals surface area contributed by atoms with Crippen LogP contribution in [0.5, 0.6) is 0 Å². The molecule has 2 fully saturated rings. The Labute approximate surface area is 150 Å². The zero-order chi connectivity index (χ0) is 17.3. The molecule has 3 rings (SSSR count). The molecule has 1 saturated carbocycles. The van der Waals surface area contributed by atoms with Gasteiger partial charge in [-0.05, 0) is 31.0 Å². The highest BCUT2D eigenvalue weighted by Crippen LogP contribution is 2.45. The molecule has 7 heteroatoms. The van der Waals surface area contributed by atoms with E-state index in [0.29, 0.717) is 15.7 Å². The highest BCUT2D eigenvalue weighted by atomic mass is 35.5. The summed E-state index contributed by atoms with van der Waals surface area (Å²) in [7, 11) is 0. The van der Waals surface area contributed by atoms with Crippen molar-refractivity contribution in [2.24, 2.45) is 5.41 Å². The number of nitrogens with zero attached hydrogens (tertiary/aromatic N) is 1. The Morgan fingerprint density at radius 3 is 2.58 bits per heavy atom. The first-order chi connectivity index (χ1) is 11.4. The van der Waals surface area contributed by atoms with E-state index in [1.807, 2.05) is 0 Å². The van der Waals surface area contributed by atoms with Crippen LogP contribution < -0.4 is 5.32 Å². The Balaban J connectivity index is 1.69. The second-order valence-corrected chi connectivity index (χ2v) is 7.32. The van der Waals surface area contributed by atoms with Crippen molar-refractivity contribution in [1.82, 2.24) is 4.90 Å². The van der Waals surface area contributed by atoms with Gasteiger partial charge in [0.05, 0.1) is 16.1 Å². The SMILES string of the molecule is O=C(CN1C(=O)CC2(CCCCC2)C1=O)Nc1cc(Cl)ccc1Cl.